The van der Waals surface area contributed by atoms with E-state index in [2.05, 4.69) is 6.92 Å². The standard InChI is InChI=1S/C19H28O8/c1-10-4-5-13-11(2)16(23-15(22)7-6-14(20)21)24-17-19(13)12(10)8-9-18(3,25-17)26-27-19/h10-13,16-17H,4-9H2,1-3H3,(H,20,21)/p-1/t10-,11-,12?,13+,16+,17-,18?,19-/m1/s1. The monoisotopic (exact) mass is 383 g/mol. The molecule has 27 heavy (non-hydrogen) atoms. The van der Waals surface area contributed by atoms with Crippen molar-refractivity contribution >= 4 is 11.9 Å². The zero-order valence-corrected chi connectivity index (χ0v) is 16.0. The van der Waals surface area contributed by atoms with E-state index in [0.29, 0.717) is 12.3 Å². The second kappa shape index (κ2) is 6.69. The predicted octanol–water partition coefficient (Wildman–Crippen LogP) is 1.27. The van der Waals surface area contributed by atoms with Crippen molar-refractivity contribution in [3.63, 3.8) is 0 Å². The fourth-order valence-corrected chi connectivity index (χ4v) is 5.40. The summed E-state index contributed by atoms with van der Waals surface area (Å²) in [6.07, 6.45) is 1.48. The van der Waals surface area contributed by atoms with Crippen LogP contribution in [0.3, 0.4) is 0 Å². The third-order valence-corrected chi connectivity index (χ3v) is 6.88. The lowest BCUT2D eigenvalue weighted by Gasteiger charge is -2.59. The lowest BCUT2D eigenvalue weighted by Crippen LogP contribution is -2.70. The Hall–Kier alpha value is -1.22. The van der Waals surface area contributed by atoms with Gasteiger partial charge in [-0.3, -0.25) is 4.79 Å². The maximum Gasteiger partial charge on any atom is 0.308 e. The average Bonchev–Trinajstić information content (AvgIpc) is 2.84. The molecule has 4 heterocycles. The first-order valence-corrected chi connectivity index (χ1v) is 9.84. The Labute approximate surface area is 158 Å². The second-order valence-corrected chi connectivity index (χ2v) is 8.64. The Bertz CT molecular complexity index is 623. The van der Waals surface area contributed by atoms with Gasteiger partial charge in [-0.1, -0.05) is 13.8 Å². The van der Waals surface area contributed by atoms with Crippen LogP contribution in [0.2, 0.25) is 0 Å². The van der Waals surface area contributed by atoms with Gasteiger partial charge in [-0.25, -0.2) is 9.78 Å². The van der Waals surface area contributed by atoms with Crippen molar-refractivity contribution in [2.75, 3.05) is 0 Å². The summed E-state index contributed by atoms with van der Waals surface area (Å²) < 4.78 is 17.7. The molecule has 1 saturated carbocycles. The molecule has 1 aliphatic carbocycles. The summed E-state index contributed by atoms with van der Waals surface area (Å²) in [6.45, 7) is 6.04. The first kappa shape index (κ1) is 19.1. The van der Waals surface area contributed by atoms with Crippen molar-refractivity contribution in [2.24, 2.45) is 23.7 Å². The Balaban J connectivity index is 1.58. The van der Waals surface area contributed by atoms with Crippen LogP contribution in [0.25, 0.3) is 0 Å². The zero-order chi connectivity index (χ0) is 19.4. The molecule has 5 fully saturated rings. The summed E-state index contributed by atoms with van der Waals surface area (Å²) in [5.74, 6) is -2.17. The fourth-order valence-electron chi connectivity index (χ4n) is 5.40. The molecule has 8 nitrogen and oxygen atoms in total. The normalized spacial score (nSPS) is 48.4. The van der Waals surface area contributed by atoms with E-state index in [4.69, 9.17) is 24.0 Å². The van der Waals surface area contributed by atoms with E-state index in [-0.39, 0.29) is 30.6 Å². The summed E-state index contributed by atoms with van der Waals surface area (Å²) in [7, 11) is 0. The maximum atomic E-state index is 12.0. The highest BCUT2D eigenvalue weighted by Gasteiger charge is 2.69. The van der Waals surface area contributed by atoms with Gasteiger partial charge in [-0.2, -0.15) is 0 Å². The van der Waals surface area contributed by atoms with Crippen molar-refractivity contribution in [3.05, 3.63) is 0 Å². The van der Waals surface area contributed by atoms with Gasteiger partial charge < -0.3 is 24.1 Å². The summed E-state index contributed by atoms with van der Waals surface area (Å²) in [5, 5.41) is 10.6. The Kier molecular flexibility index (Phi) is 4.73. The lowest BCUT2D eigenvalue weighted by molar-refractivity contribution is -0.576. The van der Waals surface area contributed by atoms with Crippen LogP contribution >= 0.6 is 0 Å². The highest BCUT2D eigenvalue weighted by Crippen LogP contribution is 2.60. The van der Waals surface area contributed by atoms with Crippen LogP contribution < -0.4 is 5.11 Å². The van der Waals surface area contributed by atoms with E-state index < -0.39 is 35.9 Å². The number of carbonyl (C=O) groups excluding carboxylic acids is 2. The third kappa shape index (κ3) is 3.06. The molecule has 0 amide bonds. The fraction of sp³-hybridized carbons (Fsp3) is 0.895. The van der Waals surface area contributed by atoms with Gasteiger partial charge in [-0.05, 0) is 44.4 Å². The zero-order valence-electron chi connectivity index (χ0n) is 16.0. The summed E-state index contributed by atoms with van der Waals surface area (Å²) in [5.41, 5.74) is -0.707. The molecule has 4 aliphatic heterocycles. The molecule has 4 saturated heterocycles. The smallest absolute Gasteiger partial charge is 0.308 e. The van der Waals surface area contributed by atoms with E-state index in [9.17, 15) is 14.7 Å². The number of hydrogen-bond acceptors (Lipinski definition) is 8. The van der Waals surface area contributed by atoms with Crippen molar-refractivity contribution in [2.45, 2.75) is 83.3 Å². The van der Waals surface area contributed by atoms with Crippen LogP contribution in [0.5, 0.6) is 0 Å². The van der Waals surface area contributed by atoms with Gasteiger partial charge in [0, 0.05) is 24.2 Å². The molecule has 152 valence electrons. The molecule has 5 rings (SSSR count). The molecule has 1 spiro atoms. The van der Waals surface area contributed by atoms with E-state index in [1.54, 1.807) is 0 Å². The highest BCUT2D eigenvalue weighted by molar-refractivity contribution is 5.75. The number of esters is 1. The van der Waals surface area contributed by atoms with E-state index in [0.717, 1.165) is 19.3 Å². The molecule has 2 unspecified atom stereocenters. The SMILES string of the molecule is C[C@H]1[C@@H](OC(=O)CCC(=O)[O-])O[C@@H]2OC3(C)CCC4[C@H](C)CC[C@@H]1[C@]42OO3. The molecule has 2 bridgehead atoms. The Morgan fingerprint density at radius 3 is 2.63 bits per heavy atom. The number of fused-ring (bicyclic) bond motifs is 2. The second-order valence-electron chi connectivity index (χ2n) is 8.64. The molecule has 0 aromatic rings. The van der Waals surface area contributed by atoms with Gasteiger partial charge >= 0.3 is 5.97 Å². The first-order chi connectivity index (χ1) is 12.7. The molecule has 8 heteroatoms. The summed E-state index contributed by atoms with van der Waals surface area (Å²) in [6, 6.07) is 0. The largest absolute Gasteiger partial charge is 0.550 e. The van der Waals surface area contributed by atoms with Crippen LogP contribution in [-0.4, -0.2) is 35.9 Å². The lowest BCUT2D eigenvalue weighted by atomic mass is 9.58. The number of aliphatic carboxylic acids is 1. The van der Waals surface area contributed by atoms with Gasteiger partial charge in [0.05, 0.1) is 6.42 Å². The summed E-state index contributed by atoms with van der Waals surface area (Å²) in [4.78, 5) is 34.4. The number of rotatable bonds is 4. The van der Waals surface area contributed by atoms with Gasteiger partial charge in [0.2, 0.25) is 12.1 Å². The van der Waals surface area contributed by atoms with Crippen LogP contribution in [0.15, 0.2) is 0 Å². The molecule has 8 atom stereocenters. The van der Waals surface area contributed by atoms with Crippen LogP contribution in [-0.2, 0) is 33.6 Å². The molecule has 0 aromatic carbocycles. The third-order valence-electron chi connectivity index (χ3n) is 6.88. The number of ether oxygens (including phenoxy) is 3. The van der Waals surface area contributed by atoms with E-state index in [1.807, 2.05) is 13.8 Å². The van der Waals surface area contributed by atoms with Crippen LogP contribution in [0, 0.1) is 23.7 Å². The number of carboxylic acids is 1. The molecule has 0 radical (unpaired) electrons. The number of hydrogen-bond donors (Lipinski definition) is 0. The summed E-state index contributed by atoms with van der Waals surface area (Å²) >= 11 is 0. The van der Waals surface area contributed by atoms with Crippen molar-refractivity contribution < 1.29 is 38.7 Å². The Morgan fingerprint density at radius 2 is 1.89 bits per heavy atom. The van der Waals surface area contributed by atoms with Gasteiger partial charge in [-0.15, -0.1) is 0 Å². The average molecular weight is 383 g/mol. The van der Waals surface area contributed by atoms with E-state index in [1.165, 1.54) is 0 Å². The van der Waals surface area contributed by atoms with Crippen molar-refractivity contribution in [3.8, 4) is 0 Å². The highest BCUT2D eigenvalue weighted by atomic mass is 17.3. The van der Waals surface area contributed by atoms with Crippen LogP contribution in [0.4, 0.5) is 0 Å². The molecule has 0 N–H and O–H groups in total. The topological polar surface area (TPSA) is 103 Å². The number of carbonyl (C=O) groups is 2. The molecular formula is C19H27O8-. The van der Waals surface area contributed by atoms with Gasteiger partial charge in [0.15, 0.2) is 11.9 Å². The minimum Gasteiger partial charge on any atom is -0.550 e. The van der Waals surface area contributed by atoms with E-state index >= 15 is 0 Å². The quantitative estimate of drug-likeness (QED) is 0.528. The van der Waals surface area contributed by atoms with Crippen molar-refractivity contribution in [1.29, 1.82) is 0 Å². The molecular weight excluding hydrogens is 356 g/mol. The Morgan fingerprint density at radius 1 is 1.11 bits per heavy atom. The minimum atomic E-state index is -1.28. The van der Waals surface area contributed by atoms with Crippen molar-refractivity contribution in [1.82, 2.24) is 0 Å². The number of carboxylic acid groups (broad SMARTS) is 1. The van der Waals surface area contributed by atoms with Gasteiger partial charge in [0.25, 0.3) is 0 Å². The maximum absolute atomic E-state index is 12.0. The first-order valence-electron chi connectivity index (χ1n) is 9.84. The van der Waals surface area contributed by atoms with Gasteiger partial charge in [0.1, 0.15) is 0 Å². The minimum absolute atomic E-state index is 0.0547. The predicted molar refractivity (Wildman–Crippen MR) is 87.2 cm³/mol. The molecule has 5 aliphatic rings. The molecule has 0 aromatic heterocycles. The van der Waals surface area contributed by atoms with Crippen LogP contribution in [0.1, 0.15) is 59.3 Å².